The predicted octanol–water partition coefficient (Wildman–Crippen LogP) is 4.96. The molecule has 0 amide bonds. The van der Waals surface area contributed by atoms with Gasteiger partial charge >= 0.3 is 0 Å². The average molecular weight is 406 g/mol. The molecule has 0 unspecified atom stereocenters. The molecule has 0 aromatic carbocycles. The molecule has 3 heterocycles. The van der Waals surface area contributed by atoms with Crippen LogP contribution in [0.5, 0.6) is 0 Å². The van der Waals surface area contributed by atoms with Crippen LogP contribution in [0.1, 0.15) is 76.6 Å². The lowest BCUT2D eigenvalue weighted by Crippen LogP contribution is -2.13. The Morgan fingerprint density at radius 1 is 0.833 bits per heavy atom. The Hall–Kier alpha value is -2.69. The lowest BCUT2D eigenvalue weighted by Gasteiger charge is -2.01. The first kappa shape index (κ1) is 22.0. The molecule has 0 saturated carbocycles. The predicted molar refractivity (Wildman–Crippen MR) is 126 cm³/mol. The van der Waals surface area contributed by atoms with Crippen molar-refractivity contribution in [1.29, 1.82) is 0 Å². The average Bonchev–Trinajstić information content (AvgIpc) is 3.35. The number of hydrogen-bond donors (Lipinski definition) is 0. The van der Waals surface area contributed by atoms with E-state index in [-0.39, 0.29) is 0 Å². The molecule has 0 aliphatic carbocycles. The van der Waals surface area contributed by atoms with E-state index in [1.807, 2.05) is 12.2 Å². The van der Waals surface area contributed by atoms with Crippen molar-refractivity contribution < 1.29 is 9.37 Å². The fourth-order valence-electron chi connectivity index (χ4n) is 3.89. The van der Waals surface area contributed by atoms with Gasteiger partial charge in [-0.05, 0) is 47.3 Å². The summed E-state index contributed by atoms with van der Waals surface area (Å²) in [6, 6.07) is 6.21. The van der Waals surface area contributed by atoms with Gasteiger partial charge in [0.1, 0.15) is 11.4 Å². The zero-order chi connectivity index (χ0) is 21.3. The van der Waals surface area contributed by atoms with Crippen molar-refractivity contribution in [2.75, 3.05) is 13.1 Å². The highest BCUT2D eigenvalue weighted by Gasteiger charge is 2.29. The molecule has 30 heavy (non-hydrogen) atoms. The van der Waals surface area contributed by atoms with Crippen molar-refractivity contribution in [3.63, 3.8) is 0 Å². The van der Waals surface area contributed by atoms with E-state index in [1.165, 1.54) is 37.1 Å². The second-order valence-corrected chi connectivity index (χ2v) is 7.94. The van der Waals surface area contributed by atoms with Crippen molar-refractivity contribution in [3.8, 4) is 0 Å². The molecule has 0 radical (unpaired) electrons. The zero-order valence-electron chi connectivity index (χ0n) is 18.6. The Labute approximate surface area is 181 Å². The fraction of sp³-hybridized carbons (Fsp3) is 0.480. The van der Waals surface area contributed by atoms with E-state index in [9.17, 15) is 0 Å². The van der Waals surface area contributed by atoms with Gasteiger partial charge in [-0.3, -0.25) is 0 Å². The molecular formula is C25H35N5+2. The first-order valence-corrected chi connectivity index (χ1v) is 11.3. The van der Waals surface area contributed by atoms with E-state index < -0.39 is 0 Å². The third-order valence-electron chi connectivity index (χ3n) is 5.54. The normalized spacial score (nSPS) is 16.2. The van der Waals surface area contributed by atoms with Gasteiger partial charge in [0.15, 0.2) is 24.5 Å². The van der Waals surface area contributed by atoms with Gasteiger partial charge in [-0.2, -0.15) is 0 Å². The number of hydrazone groups is 2. The number of aromatic nitrogens is 1. The molecule has 0 atom stereocenters. The molecule has 5 heteroatoms. The lowest BCUT2D eigenvalue weighted by atomic mass is 10.0. The molecule has 0 fully saturated rings. The topological polar surface area (TPSA) is 43.6 Å². The molecule has 0 N–H and O–H groups in total. The zero-order valence-corrected chi connectivity index (χ0v) is 18.6. The van der Waals surface area contributed by atoms with E-state index in [1.54, 1.807) is 0 Å². The van der Waals surface area contributed by atoms with Crippen LogP contribution in [0.25, 0.3) is 0 Å². The molecule has 3 rings (SSSR count). The standard InChI is InChI=1S/C25H35N5/c1-5-9-12-20-18-24(27-29(20)16-7-3)22-14-11-15-23(26-22)25-19-21(13-10-6-2)30(28-25)17-8-4/h7-8,11,14-15H,3-6,9-10,12-13,16-19H2,1-2H3/q+2. The van der Waals surface area contributed by atoms with Crippen molar-refractivity contribution >= 4 is 22.8 Å². The van der Waals surface area contributed by atoms with Crippen molar-refractivity contribution in [2.45, 2.75) is 65.2 Å². The van der Waals surface area contributed by atoms with E-state index >= 15 is 0 Å². The summed E-state index contributed by atoms with van der Waals surface area (Å²) < 4.78 is 4.20. The minimum Gasteiger partial charge on any atom is -0.245 e. The van der Waals surface area contributed by atoms with Crippen molar-refractivity contribution in [3.05, 3.63) is 54.9 Å². The maximum absolute atomic E-state index is 4.96. The number of nitrogens with zero attached hydrogens (tertiary/aromatic N) is 5. The van der Waals surface area contributed by atoms with Crippen LogP contribution in [0.2, 0.25) is 0 Å². The Bertz CT molecular complexity index is 846. The first-order valence-electron chi connectivity index (χ1n) is 11.3. The lowest BCUT2D eigenvalue weighted by molar-refractivity contribution is -0.521. The molecule has 0 bridgehead atoms. The monoisotopic (exact) mass is 405 g/mol. The summed E-state index contributed by atoms with van der Waals surface area (Å²) in [4.78, 5) is 4.96. The highest BCUT2D eigenvalue weighted by molar-refractivity contribution is 6.14. The third kappa shape index (κ3) is 5.26. The van der Waals surface area contributed by atoms with Gasteiger partial charge in [-0.25, -0.2) is 4.98 Å². The van der Waals surface area contributed by atoms with Crippen LogP contribution < -0.4 is 0 Å². The van der Waals surface area contributed by atoms with Crippen molar-refractivity contribution in [2.24, 2.45) is 10.2 Å². The second-order valence-electron chi connectivity index (χ2n) is 7.94. The van der Waals surface area contributed by atoms with Crippen molar-refractivity contribution in [1.82, 2.24) is 4.98 Å². The van der Waals surface area contributed by atoms with Gasteiger partial charge in [0.25, 0.3) is 0 Å². The van der Waals surface area contributed by atoms with Crippen LogP contribution in [-0.4, -0.2) is 50.3 Å². The fourth-order valence-corrected chi connectivity index (χ4v) is 3.89. The SMILES string of the molecule is C=CC[N+]1=C(CCCC)CC(c2cccc(C3=N[N+](CC=C)=C(CCCC)C3)n2)=N1. The summed E-state index contributed by atoms with van der Waals surface area (Å²) in [5.41, 5.74) is 6.72. The number of hydrogen-bond acceptors (Lipinski definition) is 3. The van der Waals surface area contributed by atoms with Crippen LogP contribution in [-0.2, 0) is 0 Å². The first-order chi connectivity index (χ1) is 14.7. The summed E-state index contributed by atoms with van der Waals surface area (Å²) in [5.74, 6) is 0. The highest BCUT2D eigenvalue weighted by atomic mass is 15.4. The van der Waals surface area contributed by atoms with E-state index in [0.29, 0.717) is 0 Å². The maximum atomic E-state index is 4.96. The molecule has 1 aromatic rings. The number of rotatable bonds is 12. The molecular weight excluding hydrogens is 370 g/mol. The minimum atomic E-state index is 0.751. The van der Waals surface area contributed by atoms with Gasteiger partial charge < -0.3 is 0 Å². The largest absolute Gasteiger partial charge is 0.245 e. The molecule has 0 saturated heterocycles. The molecule has 0 spiro atoms. The highest BCUT2D eigenvalue weighted by Crippen LogP contribution is 2.18. The Balaban J connectivity index is 1.79. The molecule has 158 valence electrons. The Morgan fingerprint density at radius 3 is 1.70 bits per heavy atom. The van der Waals surface area contributed by atoms with E-state index in [0.717, 1.165) is 61.6 Å². The molecule has 2 aliphatic heterocycles. The molecule has 5 nitrogen and oxygen atoms in total. The quantitative estimate of drug-likeness (QED) is 0.358. The van der Waals surface area contributed by atoms with Crippen LogP contribution in [0.4, 0.5) is 0 Å². The van der Waals surface area contributed by atoms with Gasteiger partial charge in [-0.1, -0.05) is 55.3 Å². The minimum absolute atomic E-state index is 0.751. The molecule has 1 aromatic heterocycles. The second kappa shape index (κ2) is 10.9. The summed E-state index contributed by atoms with van der Waals surface area (Å²) in [5, 5.41) is 9.72. The summed E-state index contributed by atoms with van der Waals surface area (Å²) in [6.45, 7) is 13.7. The van der Waals surface area contributed by atoms with Crippen LogP contribution in [0.15, 0.2) is 53.7 Å². The van der Waals surface area contributed by atoms with Crippen LogP contribution in [0, 0.1) is 0 Å². The smallest absolute Gasteiger partial charge is 0.192 e. The van der Waals surface area contributed by atoms with E-state index in [4.69, 9.17) is 15.2 Å². The van der Waals surface area contributed by atoms with Gasteiger partial charge in [-0.15, -0.1) is 0 Å². The van der Waals surface area contributed by atoms with E-state index in [2.05, 4.69) is 54.6 Å². The Kier molecular flexibility index (Phi) is 8.00. The Morgan fingerprint density at radius 2 is 1.30 bits per heavy atom. The van der Waals surface area contributed by atoms with Gasteiger partial charge in [0, 0.05) is 12.8 Å². The number of pyridine rings is 1. The summed E-state index contributed by atoms with van der Waals surface area (Å²) in [6.07, 6.45) is 12.5. The summed E-state index contributed by atoms with van der Waals surface area (Å²) >= 11 is 0. The van der Waals surface area contributed by atoms with Gasteiger partial charge in [0.05, 0.1) is 24.2 Å². The van der Waals surface area contributed by atoms with Crippen LogP contribution >= 0.6 is 0 Å². The maximum Gasteiger partial charge on any atom is 0.192 e. The number of unbranched alkanes of at least 4 members (excludes halogenated alkanes) is 2. The summed E-state index contributed by atoms with van der Waals surface area (Å²) in [7, 11) is 0. The van der Waals surface area contributed by atoms with Crippen LogP contribution in [0.3, 0.4) is 0 Å². The van der Waals surface area contributed by atoms with Gasteiger partial charge in [0.2, 0.25) is 0 Å². The third-order valence-corrected chi connectivity index (χ3v) is 5.54. The molecule has 2 aliphatic rings.